The molecular formula is C15H16BrNO2S. The second-order valence-electron chi connectivity index (χ2n) is 4.79. The Kier molecular flexibility index (Phi) is 4.20. The molecule has 1 N–H and O–H groups in total. The van der Waals surface area contributed by atoms with Gasteiger partial charge in [-0.2, -0.15) is 0 Å². The Morgan fingerprint density at radius 3 is 2.40 bits per heavy atom. The molecule has 0 aliphatic rings. The Morgan fingerprint density at radius 2 is 1.75 bits per heavy atom. The molecule has 2 rings (SSSR count). The maximum atomic E-state index is 12.5. The van der Waals surface area contributed by atoms with Gasteiger partial charge in [-0.1, -0.05) is 18.2 Å². The molecule has 0 saturated carbocycles. The van der Waals surface area contributed by atoms with E-state index < -0.39 is 10.0 Å². The summed E-state index contributed by atoms with van der Waals surface area (Å²) in [6.45, 7) is 5.77. The lowest BCUT2D eigenvalue weighted by Gasteiger charge is -2.13. The summed E-state index contributed by atoms with van der Waals surface area (Å²) in [7, 11) is -3.60. The van der Waals surface area contributed by atoms with Crippen LogP contribution in [0.4, 0.5) is 5.69 Å². The number of sulfonamides is 1. The molecule has 0 saturated heterocycles. The van der Waals surface area contributed by atoms with Crippen LogP contribution >= 0.6 is 15.9 Å². The van der Waals surface area contributed by atoms with Gasteiger partial charge in [0.1, 0.15) is 4.90 Å². The third-order valence-corrected chi connectivity index (χ3v) is 5.57. The highest BCUT2D eigenvalue weighted by atomic mass is 79.9. The molecule has 0 unspecified atom stereocenters. The van der Waals surface area contributed by atoms with Crippen LogP contribution in [0.2, 0.25) is 0 Å². The molecule has 3 nitrogen and oxygen atoms in total. The molecule has 0 bridgehead atoms. The van der Waals surface area contributed by atoms with Crippen LogP contribution in [0.3, 0.4) is 0 Å². The van der Waals surface area contributed by atoms with Gasteiger partial charge in [0.05, 0.1) is 5.69 Å². The molecule has 0 aliphatic carbocycles. The van der Waals surface area contributed by atoms with Crippen LogP contribution < -0.4 is 4.72 Å². The van der Waals surface area contributed by atoms with Crippen molar-refractivity contribution in [3.8, 4) is 0 Å². The topological polar surface area (TPSA) is 46.2 Å². The van der Waals surface area contributed by atoms with E-state index in [1.54, 1.807) is 24.3 Å². The van der Waals surface area contributed by atoms with Crippen LogP contribution in [0.5, 0.6) is 0 Å². The quantitative estimate of drug-likeness (QED) is 0.899. The summed E-state index contributed by atoms with van der Waals surface area (Å²) >= 11 is 3.31. The van der Waals surface area contributed by atoms with E-state index in [4.69, 9.17) is 0 Å². The fraction of sp³-hybridized carbons (Fsp3) is 0.200. The van der Waals surface area contributed by atoms with Crippen molar-refractivity contribution < 1.29 is 8.42 Å². The van der Waals surface area contributed by atoms with Crippen molar-refractivity contribution in [2.45, 2.75) is 25.7 Å². The Labute approximate surface area is 128 Å². The van der Waals surface area contributed by atoms with Gasteiger partial charge in [-0.15, -0.1) is 0 Å². The molecule has 0 radical (unpaired) electrons. The lowest BCUT2D eigenvalue weighted by atomic mass is 10.1. The van der Waals surface area contributed by atoms with Crippen molar-refractivity contribution >= 4 is 31.6 Å². The fourth-order valence-corrected chi connectivity index (χ4v) is 4.20. The van der Waals surface area contributed by atoms with Gasteiger partial charge in [-0.3, -0.25) is 4.72 Å². The van der Waals surface area contributed by atoms with Gasteiger partial charge in [0.15, 0.2) is 0 Å². The van der Waals surface area contributed by atoms with E-state index in [1.165, 1.54) is 0 Å². The van der Waals surface area contributed by atoms with Gasteiger partial charge in [0, 0.05) is 4.47 Å². The zero-order valence-corrected chi connectivity index (χ0v) is 14.0. The van der Waals surface area contributed by atoms with Gasteiger partial charge in [-0.25, -0.2) is 8.42 Å². The molecule has 0 atom stereocenters. The van der Waals surface area contributed by atoms with Crippen LogP contribution in [-0.4, -0.2) is 8.42 Å². The first-order valence-corrected chi connectivity index (χ1v) is 8.44. The minimum atomic E-state index is -3.60. The summed E-state index contributed by atoms with van der Waals surface area (Å²) in [5.41, 5.74) is 3.59. The molecule has 0 aliphatic heterocycles. The molecule has 2 aromatic carbocycles. The highest BCUT2D eigenvalue weighted by Gasteiger charge is 2.18. The summed E-state index contributed by atoms with van der Waals surface area (Å²) in [5.74, 6) is 0. The molecule has 106 valence electrons. The van der Waals surface area contributed by atoms with Crippen molar-refractivity contribution in [3.05, 3.63) is 57.6 Å². The van der Waals surface area contributed by atoms with E-state index in [1.807, 2.05) is 32.9 Å². The molecule has 0 aromatic heterocycles. The van der Waals surface area contributed by atoms with E-state index in [0.717, 1.165) is 16.7 Å². The third kappa shape index (κ3) is 3.04. The van der Waals surface area contributed by atoms with Crippen LogP contribution in [0, 0.1) is 20.8 Å². The normalized spacial score (nSPS) is 11.4. The largest absolute Gasteiger partial charge is 0.279 e. The summed E-state index contributed by atoms with van der Waals surface area (Å²) < 4.78 is 28.1. The standard InChI is InChI=1S/C15H16BrNO2S/c1-10-7-8-15(13(16)9-10)20(18,19)17-14-6-4-5-11(2)12(14)3/h4-9,17H,1-3H3. The first-order valence-electron chi connectivity index (χ1n) is 6.16. The minimum absolute atomic E-state index is 0.240. The number of hydrogen-bond acceptors (Lipinski definition) is 2. The van der Waals surface area contributed by atoms with E-state index in [-0.39, 0.29) is 4.90 Å². The summed E-state index contributed by atoms with van der Waals surface area (Å²) in [4.78, 5) is 0.240. The van der Waals surface area contributed by atoms with E-state index in [2.05, 4.69) is 20.7 Å². The molecule has 2 aromatic rings. The number of hydrogen-bond donors (Lipinski definition) is 1. The zero-order chi connectivity index (χ0) is 14.9. The zero-order valence-electron chi connectivity index (χ0n) is 11.6. The maximum Gasteiger partial charge on any atom is 0.263 e. The Hall–Kier alpha value is -1.33. The minimum Gasteiger partial charge on any atom is -0.279 e. The average Bonchev–Trinajstić information content (AvgIpc) is 2.34. The lowest BCUT2D eigenvalue weighted by Crippen LogP contribution is -2.14. The molecule has 0 heterocycles. The monoisotopic (exact) mass is 353 g/mol. The molecule has 0 amide bonds. The van der Waals surface area contributed by atoms with Crippen LogP contribution in [0.25, 0.3) is 0 Å². The number of benzene rings is 2. The summed E-state index contributed by atoms with van der Waals surface area (Å²) in [6, 6.07) is 10.7. The first kappa shape index (κ1) is 15.1. The van der Waals surface area contributed by atoms with Gasteiger partial charge in [0.2, 0.25) is 0 Å². The SMILES string of the molecule is Cc1ccc(S(=O)(=O)Nc2cccc(C)c2C)c(Br)c1. The van der Waals surface area contributed by atoms with Gasteiger partial charge in [-0.05, 0) is 71.6 Å². The molecule has 20 heavy (non-hydrogen) atoms. The van der Waals surface area contributed by atoms with Crippen LogP contribution in [-0.2, 0) is 10.0 Å². The number of halogens is 1. The average molecular weight is 354 g/mol. The molecular weight excluding hydrogens is 338 g/mol. The number of nitrogens with one attached hydrogen (secondary N) is 1. The van der Waals surface area contributed by atoms with Crippen molar-refractivity contribution in [3.63, 3.8) is 0 Å². The maximum absolute atomic E-state index is 12.5. The molecule has 0 fully saturated rings. The second-order valence-corrected chi connectivity index (χ2v) is 7.29. The Balaban J connectivity index is 2.44. The van der Waals surface area contributed by atoms with E-state index in [9.17, 15) is 8.42 Å². The molecule has 0 spiro atoms. The summed E-state index contributed by atoms with van der Waals surface area (Å²) in [5, 5.41) is 0. The Bertz CT molecular complexity index is 754. The first-order chi connectivity index (χ1) is 9.31. The second kappa shape index (κ2) is 5.58. The van der Waals surface area contributed by atoms with Crippen molar-refractivity contribution in [1.82, 2.24) is 0 Å². The van der Waals surface area contributed by atoms with Gasteiger partial charge in [0.25, 0.3) is 10.0 Å². The van der Waals surface area contributed by atoms with Gasteiger partial charge < -0.3 is 0 Å². The summed E-state index contributed by atoms with van der Waals surface area (Å²) in [6.07, 6.45) is 0. The fourth-order valence-electron chi connectivity index (χ4n) is 1.89. The Morgan fingerprint density at radius 1 is 1.05 bits per heavy atom. The van der Waals surface area contributed by atoms with E-state index >= 15 is 0 Å². The van der Waals surface area contributed by atoms with Crippen molar-refractivity contribution in [2.24, 2.45) is 0 Å². The third-order valence-electron chi connectivity index (χ3n) is 3.23. The van der Waals surface area contributed by atoms with Crippen molar-refractivity contribution in [2.75, 3.05) is 4.72 Å². The highest BCUT2D eigenvalue weighted by molar-refractivity contribution is 9.10. The number of anilines is 1. The van der Waals surface area contributed by atoms with Crippen LogP contribution in [0.1, 0.15) is 16.7 Å². The van der Waals surface area contributed by atoms with Crippen LogP contribution in [0.15, 0.2) is 45.8 Å². The highest BCUT2D eigenvalue weighted by Crippen LogP contribution is 2.27. The van der Waals surface area contributed by atoms with Gasteiger partial charge >= 0.3 is 0 Å². The molecule has 5 heteroatoms. The number of aryl methyl sites for hydroxylation is 2. The predicted molar refractivity (Wildman–Crippen MR) is 85.6 cm³/mol. The van der Waals surface area contributed by atoms with E-state index in [0.29, 0.717) is 10.2 Å². The predicted octanol–water partition coefficient (Wildman–Crippen LogP) is 4.18. The van der Waals surface area contributed by atoms with Crippen molar-refractivity contribution in [1.29, 1.82) is 0 Å². The smallest absolute Gasteiger partial charge is 0.263 e. The lowest BCUT2D eigenvalue weighted by molar-refractivity contribution is 0.600. The number of rotatable bonds is 3.